The largest absolute Gasteiger partial charge is 0.508 e. The van der Waals surface area contributed by atoms with Gasteiger partial charge in [0.05, 0.1) is 0 Å². The molecule has 0 spiro atoms. The fourth-order valence-corrected chi connectivity index (χ4v) is 2.88. The number of aromatic hydroxyl groups is 1. The van der Waals surface area contributed by atoms with E-state index < -0.39 is 0 Å². The predicted octanol–water partition coefficient (Wildman–Crippen LogP) is 3.96. The van der Waals surface area contributed by atoms with E-state index in [4.69, 9.17) is 11.6 Å². The van der Waals surface area contributed by atoms with Gasteiger partial charge >= 0.3 is 0 Å². The molecule has 0 heterocycles. The molecule has 0 aliphatic heterocycles. The standard InChI is InChI=1S/C15H22ClNO/c1-10-3-5-14(7-11(10)2)17-9-12-8-13(16)4-6-15(12)18/h4,6,8,10-11,14,17-18H,3,5,7,9H2,1-2H3. The van der Waals surface area contributed by atoms with Gasteiger partial charge < -0.3 is 10.4 Å². The summed E-state index contributed by atoms with van der Waals surface area (Å²) in [6.07, 6.45) is 3.75. The lowest BCUT2D eigenvalue weighted by molar-refractivity contribution is 0.225. The summed E-state index contributed by atoms with van der Waals surface area (Å²) in [5.74, 6) is 1.94. The molecule has 0 saturated heterocycles. The summed E-state index contributed by atoms with van der Waals surface area (Å²) >= 11 is 5.94. The van der Waals surface area contributed by atoms with E-state index in [1.807, 2.05) is 6.07 Å². The molecule has 3 atom stereocenters. The smallest absolute Gasteiger partial charge is 0.120 e. The Bertz CT molecular complexity index is 407. The van der Waals surface area contributed by atoms with Gasteiger partial charge in [-0.3, -0.25) is 0 Å². The highest BCUT2D eigenvalue weighted by atomic mass is 35.5. The molecule has 2 rings (SSSR count). The third kappa shape index (κ3) is 3.39. The molecule has 1 aliphatic rings. The van der Waals surface area contributed by atoms with Crippen LogP contribution >= 0.6 is 11.6 Å². The molecule has 2 N–H and O–H groups in total. The van der Waals surface area contributed by atoms with Gasteiger partial charge in [-0.2, -0.15) is 0 Å². The first-order valence-corrected chi connectivity index (χ1v) is 7.15. The molecule has 1 saturated carbocycles. The van der Waals surface area contributed by atoms with E-state index in [1.54, 1.807) is 12.1 Å². The molecule has 0 radical (unpaired) electrons. The lowest BCUT2D eigenvalue weighted by Crippen LogP contribution is -2.35. The van der Waals surface area contributed by atoms with Crippen LogP contribution < -0.4 is 5.32 Å². The van der Waals surface area contributed by atoms with Gasteiger partial charge in [0.25, 0.3) is 0 Å². The maximum atomic E-state index is 9.76. The van der Waals surface area contributed by atoms with E-state index in [0.29, 0.717) is 23.4 Å². The second kappa shape index (κ2) is 5.94. The van der Waals surface area contributed by atoms with E-state index in [1.165, 1.54) is 19.3 Å². The second-order valence-electron chi connectivity index (χ2n) is 5.62. The van der Waals surface area contributed by atoms with Gasteiger partial charge in [-0.25, -0.2) is 0 Å². The van der Waals surface area contributed by atoms with Crippen LogP contribution in [0, 0.1) is 11.8 Å². The summed E-state index contributed by atoms with van der Waals surface area (Å²) in [5, 5.41) is 14.0. The number of hydrogen-bond acceptors (Lipinski definition) is 2. The maximum Gasteiger partial charge on any atom is 0.120 e. The number of halogens is 1. The Labute approximate surface area is 114 Å². The van der Waals surface area contributed by atoms with Crippen LogP contribution in [0.5, 0.6) is 5.75 Å². The lowest BCUT2D eigenvalue weighted by Gasteiger charge is -2.32. The zero-order valence-electron chi connectivity index (χ0n) is 11.1. The van der Waals surface area contributed by atoms with Crippen molar-refractivity contribution in [3.63, 3.8) is 0 Å². The molecule has 1 fully saturated rings. The van der Waals surface area contributed by atoms with E-state index in [9.17, 15) is 5.11 Å². The average molecular weight is 268 g/mol. The quantitative estimate of drug-likeness (QED) is 0.869. The highest BCUT2D eigenvalue weighted by Crippen LogP contribution is 2.30. The van der Waals surface area contributed by atoms with E-state index >= 15 is 0 Å². The Morgan fingerprint density at radius 3 is 2.78 bits per heavy atom. The minimum Gasteiger partial charge on any atom is -0.508 e. The van der Waals surface area contributed by atoms with E-state index in [2.05, 4.69) is 19.2 Å². The van der Waals surface area contributed by atoms with E-state index in [-0.39, 0.29) is 0 Å². The van der Waals surface area contributed by atoms with Crippen LogP contribution in [-0.4, -0.2) is 11.1 Å². The molecule has 1 aromatic rings. The van der Waals surface area contributed by atoms with Crippen LogP contribution in [0.1, 0.15) is 38.7 Å². The lowest BCUT2D eigenvalue weighted by atomic mass is 9.79. The summed E-state index contributed by atoms with van der Waals surface area (Å²) in [6.45, 7) is 5.36. The normalized spacial score (nSPS) is 28.3. The summed E-state index contributed by atoms with van der Waals surface area (Å²) in [4.78, 5) is 0. The summed E-state index contributed by atoms with van der Waals surface area (Å²) in [5.41, 5.74) is 0.883. The van der Waals surface area contributed by atoms with Crippen molar-refractivity contribution in [2.75, 3.05) is 0 Å². The summed E-state index contributed by atoms with van der Waals surface area (Å²) < 4.78 is 0. The molecular formula is C15H22ClNO. The summed E-state index contributed by atoms with van der Waals surface area (Å²) in [7, 11) is 0. The second-order valence-corrected chi connectivity index (χ2v) is 6.05. The number of phenols is 1. The van der Waals surface area contributed by atoms with Crippen molar-refractivity contribution >= 4 is 11.6 Å². The molecule has 3 heteroatoms. The van der Waals surface area contributed by atoms with Crippen molar-refractivity contribution < 1.29 is 5.11 Å². The van der Waals surface area contributed by atoms with Gasteiger partial charge in [0.15, 0.2) is 0 Å². The SMILES string of the molecule is CC1CCC(NCc2cc(Cl)ccc2O)CC1C. The topological polar surface area (TPSA) is 32.3 Å². The van der Waals surface area contributed by atoms with Crippen LogP contribution in [0.15, 0.2) is 18.2 Å². The average Bonchev–Trinajstić information content (AvgIpc) is 2.34. The third-order valence-electron chi connectivity index (χ3n) is 4.22. The minimum atomic E-state index is 0.323. The zero-order chi connectivity index (χ0) is 13.1. The maximum absolute atomic E-state index is 9.76. The first-order chi connectivity index (χ1) is 8.56. The van der Waals surface area contributed by atoms with Crippen LogP contribution in [0.25, 0.3) is 0 Å². The number of benzene rings is 1. The van der Waals surface area contributed by atoms with Gasteiger partial charge in [-0.15, -0.1) is 0 Å². The summed E-state index contributed by atoms with van der Waals surface area (Å²) in [6, 6.07) is 5.77. The Kier molecular flexibility index (Phi) is 4.52. The van der Waals surface area contributed by atoms with Crippen molar-refractivity contribution in [2.45, 2.75) is 45.7 Å². The van der Waals surface area contributed by atoms with Gasteiger partial charge in [0.1, 0.15) is 5.75 Å². The fraction of sp³-hybridized carbons (Fsp3) is 0.600. The minimum absolute atomic E-state index is 0.323. The molecule has 0 aromatic heterocycles. The molecule has 2 nitrogen and oxygen atoms in total. The van der Waals surface area contributed by atoms with Crippen molar-refractivity contribution in [3.05, 3.63) is 28.8 Å². The number of rotatable bonds is 3. The van der Waals surface area contributed by atoms with Crippen LogP contribution in [-0.2, 0) is 6.54 Å². The van der Waals surface area contributed by atoms with Gasteiger partial charge in [-0.05, 0) is 49.3 Å². The fourth-order valence-electron chi connectivity index (χ4n) is 2.68. The monoisotopic (exact) mass is 267 g/mol. The van der Waals surface area contributed by atoms with Gasteiger partial charge in [0.2, 0.25) is 0 Å². The Morgan fingerprint density at radius 2 is 2.06 bits per heavy atom. The highest BCUT2D eigenvalue weighted by Gasteiger charge is 2.24. The molecular weight excluding hydrogens is 246 g/mol. The molecule has 18 heavy (non-hydrogen) atoms. The number of hydrogen-bond donors (Lipinski definition) is 2. The molecule has 0 amide bonds. The van der Waals surface area contributed by atoms with E-state index in [0.717, 1.165) is 17.4 Å². The van der Waals surface area contributed by atoms with Crippen molar-refractivity contribution in [3.8, 4) is 5.75 Å². The van der Waals surface area contributed by atoms with Crippen molar-refractivity contribution in [2.24, 2.45) is 11.8 Å². The Hall–Kier alpha value is -0.730. The molecule has 0 bridgehead atoms. The first-order valence-electron chi connectivity index (χ1n) is 6.77. The van der Waals surface area contributed by atoms with Gasteiger partial charge in [0, 0.05) is 23.2 Å². The molecule has 3 unspecified atom stereocenters. The predicted molar refractivity (Wildman–Crippen MR) is 75.9 cm³/mol. The molecule has 100 valence electrons. The molecule has 1 aromatic carbocycles. The van der Waals surface area contributed by atoms with Crippen LogP contribution in [0.2, 0.25) is 5.02 Å². The molecule has 1 aliphatic carbocycles. The third-order valence-corrected chi connectivity index (χ3v) is 4.46. The Balaban J connectivity index is 1.90. The van der Waals surface area contributed by atoms with Crippen LogP contribution in [0.3, 0.4) is 0 Å². The Morgan fingerprint density at radius 1 is 1.28 bits per heavy atom. The highest BCUT2D eigenvalue weighted by molar-refractivity contribution is 6.30. The van der Waals surface area contributed by atoms with Crippen LogP contribution in [0.4, 0.5) is 0 Å². The zero-order valence-corrected chi connectivity index (χ0v) is 11.9. The van der Waals surface area contributed by atoms with Gasteiger partial charge in [-0.1, -0.05) is 25.4 Å². The van der Waals surface area contributed by atoms with Crippen molar-refractivity contribution in [1.29, 1.82) is 0 Å². The van der Waals surface area contributed by atoms with Crippen molar-refractivity contribution in [1.82, 2.24) is 5.32 Å². The number of phenolic OH excluding ortho intramolecular Hbond substituents is 1. The number of nitrogens with one attached hydrogen (secondary N) is 1. The first kappa shape index (κ1) is 13.7.